The highest BCUT2D eigenvalue weighted by molar-refractivity contribution is 7.99. The molecule has 2 rings (SSSR count). The van der Waals surface area contributed by atoms with Crippen LogP contribution in [0.2, 0.25) is 0 Å². The van der Waals surface area contributed by atoms with Crippen molar-refractivity contribution >= 4 is 29.3 Å². The average Bonchev–Trinajstić information content (AvgIpc) is 2.90. The zero-order valence-electron chi connectivity index (χ0n) is 11.1. The molecule has 0 aliphatic heterocycles. The van der Waals surface area contributed by atoms with Gasteiger partial charge in [-0.15, -0.1) is 0 Å². The highest BCUT2D eigenvalue weighted by atomic mass is 32.2. The molecule has 7 heteroatoms. The summed E-state index contributed by atoms with van der Waals surface area (Å²) in [6.45, 7) is 0. The fourth-order valence-corrected chi connectivity index (χ4v) is 3.16. The Morgan fingerprint density at radius 3 is 2.57 bits per heavy atom. The van der Waals surface area contributed by atoms with E-state index in [1.807, 2.05) is 0 Å². The molecular formula is C14H15F2NO3S. The molecule has 1 aliphatic rings. The lowest BCUT2D eigenvalue weighted by Gasteiger charge is -2.17. The van der Waals surface area contributed by atoms with E-state index in [0.717, 1.165) is 0 Å². The number of aliphatic carboxylic acids is 1. The van der Waals surface area contributed by atoms with Crippen molar-refractivity contribution in [2.24, 2.45) is 11.8 Å². The summed E-state index contributed by atoms with van der Waals surface area (Å²) in [6.07, 6.45) is 1.66. The number of carboxylic acids is 1. The van der Waals surface area contributed by atoms with Crippen LogP contribution >= 0.6 is 11.8 Å². The van der Waals surface area contributed by atoms with Crippen LogP contribution in [0.15, 0.2) is 29.2 Å². The van der Waals surface area contributed by atoms with Gasteiger partial charge in [0.15, 0.2) is 0 Å². The van der Waals surface area contributed by atoms with Crippen LogP contribution in [0.5, 0.6) is 0 Å². The molecule has 0 unspecified atom stereocenters. The molecule has 0 bridgehead atoms. The second kappa shape index (κ2) is 6.89. The molecule has 2 N–H and O–H groups in total. The summed E-state index contributed by atoms with van der Waals surface area (Å²) < 4.78 is 25.0. The Labute approximate surface area is 124 Å². The van der Waals surface area contributed by atoms with Crippen LogP contribution in [0.1, 0.15) is 19.3 Å². The van der Waals surface area contributed by atoms with Gasteiger partial charge in [-0.2, -0.15) is 8.78 Å². The molecular weight excluding hydrogens is 300 g/mol. The number of benzene rings is 1. The van der Waals surface area contributed by atoms with E-state index in [1.54, 1.807) is 12.1 Å². The number of carboxylic acid groups (broad SMARTS) is 1. The number of rotatable bonds is 5. The highest BCUT2D eigenvalue weighted by Crippen LogP contribution is 2.35. The summed E-state index contributed by atoms with van der Waals surface area (Å²) in [5.74, 6) is -5.28. The molecule has 1 aliphatic carbocycles. The molecule has 1 aromatic carbocycles. The van der Waals surface area contributed by atoms with Gasteiger partial charge in [-0.1, -0.05) is 30.3 Å². The lowest BCUT2D eigenvalue weighted by molar-refractivity contribution is -0.145. The molecule has 0 spiro atoms. The van der Waals surface area contributed by atoms with Gasteiger partial charge < -0.3 is 10.4 Å². The lowest BCUT2D eigenvalue weighted by atomic mass is 9.95. The predicted molar refractivity (Wildman–Crippen MR) is 75.4 cm³/mol. The fourth-order valence-electron chi connectivity index (χ4n) is 2.56. The molecule has 114 valence electrons. The number of nitrogens with one attached hydrogen (secondary N) is 1. The standard InChI is InChI=1S/C14H15F2NO3S/c15-14(16)21-11-7-2-1-6-10(11)17-12(18)8-4-3-5-9(8)13(19)20/h1-2,6-9,14H,3-5H2,(H,17,18)(H,19,20)/t8-,9+/m1/s1. The van der Waals surface area contributed by atoms with Crippen LogP contribution in [-0.2, 0) is 9.59 Å². The Kier molecular flexibility index (Phi) is 5.17. The van der Waals surface area contributed by atoms with Crippen molar-refractivity contribution in [3.05, 3.63) is 24.3 Å². The van der Waals surface area contributed by atoms with Gasteiger partial charge in [0.05, 0.1) is 17.5 Å². The van der Waals surface area contributed by atoms with Gasteiger partial charge in [0.1, 0.15) is 0 Å². The van der Waals surface area contributed by atoms with E-state index >= 15 is 0 Å². The molecule has 1 saturated carbocycles. The SMILES string of the molecule is O=C(O)[C@H]1CCC[C@H]1C(=O)Nc1ccccc1SC(F)F. The Balaban J connectivity index is 2.11. The van der Waals surface area contributed by atoms with Gasteiger partial charge >= 0.3 is 5.97 Å². The normalized spacial score (nSPS) is 21.5. The summed E-state index contributed by atoms with van der Waals surface area (Å²) in [7, 11) is 0. The van der Waals surface area contributed by atoms with Gasteiger partial charge in [0, 0.05) is 4.90 Å². The number of carbonyl (C=O) groups excluding carboxylic acids is 1. The number of anilines is 1. The smallest absolute Gasteiger partial charge is 0.307 e. The van der Waals surface area contributed by atoms with E-state index in [4.69, 9.17) is 5.11 Å². The van der Waals surface area contributed by atoms with Crippen molar-refractivity contribution in [2.75, 3.05) is 5.32 Å². The van der Waals surface area contributed by atoms with Crippen molar-refractivity contribution in [1.29, 1.82) is 0 Å². The summed E-state index contributed by atoms with van der Waals surface area (Å²) in [5, 5.41) is 11.7. The molecule has 0 radical (unpaired) electrons. The molecule has 1 amide bonds. The minimum atomic E-state index is -2.58. The first-order valence-corrected chi connectivity index (χ1v) is 7.44. The number of para-hydroxylation sites is 1. The Hall–Kier alpha value is -1.63. The Morgan fingerprint density at radius 2 is 1.90 bits per heavy atom. The lowest BCUT2D eigenvalue weighted by Crippen LogP contribution is -2.30. The van der Waals surface area contributed by atoms with Gasteiger partial charge in [0.25, 0.3) is 5.76 Å². The third-order valence-electron chi connectivity index (χ3n) is 3.53. The van der Waals surface area contributed by atoms with E-state index in [9.17, 15) is 18.4 Å². The van der Waals surface area contributed by atoms with Crippen LogP contribution in [0.25, 0.3) is 0 Å². The third-order valence-corrected chi connectivity index (χ3v) is 4.32. The van der Waals surface area contributed by atoms with E-state index in [-0.39, 0.29) is 4.90 Å². The zero-order valence-corrected chi connectivity index (χ0v) is 11.9. The second-order valence-corrected chi connectivity index (χ2v) is 5.88. The predicted octanol–water partition coefficient (Wildman–Crippen LogP) is 3.44. The first kappa shape index (κ1) is 15.8. The number of hydrogen-bond acceptors (Lipinski definition) is 3. The maximum Gasteiger partial charge on any atom is 0.307 e. The summed E-state index contributed by atoms with van der Waals surface area (Å²) in [4.78, 5) is 23.6. The number of amides is 1. The number of alkyl halides is 2. The number of carbonyl (C=O) groups is 2. The van der Waals surface area contributed by atoms with Crippen LogP contribution in [0, 0.1) is 11.8 Å². The van der Waals surface area contributed by atoms with E-state index in [1.165, 1.54) is 12.1 Å². The molecule has 21 heavy (non-hydrogen) atoms. The monoisotopic (exact) mass is 315 g/mol. The van der Waals surface area contributed by atoms with Crippen LogP contribution in [0.4, 0.5) is 14.5 Å². The average molecular weight is 315 g/mol. The minimum Gasteiger partial charge on any atom is -0.481 e. The van der Waals surface area contributed by atoms with Gasteiger partial charge in [-0.25, -0.2) is 0 Å². The first-order valence-electron chi connectivity index (χ1n) is 6.56. The maximum atomic E-state index is 12.5. The summed E-state index contributed by atoms with van der Waals surface area (Å²) in [6, 6.07) is 6.27. The van der Waals surface area contributed by atoms with Gasteiger partial charge in [-0.3, -0.25) is 9.59 Å². The van der Waals surface area contributed by atoms with Crippen molar-refractivity contribution in [3.63, 3.8) is 0 Å². The maximum absolute atomic E-state index is 12.5. The number of halogens is 2. The van der Waals surface area contributed by atoms with Crippen molar-refractivity contribution in [3.8, 4) is 0 Å². The third kappa shape index (κ3) is 3.93. The number of thioether (sulfide) groups is 1. The summed E-state index contributed by atoms with van der Waals surface area (Å²) in [5.41, 5.74) is 0.295. The highest BCUT2D eigenvalue weighted by Gasteiger charge is 2.37. The molecule has 0 aromatic heterocycles. The van der Waals surface area contributed by atoms with Crippen molar-refractivity contribution in [1.82, 2.24) is 0 Å². The van der Waals surface area contributed by atoms with E-state index in [2.05, 4.69) is 5.32 Å². The molecule has 1 aromatic rings. The summed E-state index contributed by atoms with van der Waals surface area (Å²) >= 11 is 0.352. The largest absolute Gasteiger partial charge is 0.481 e. The van der Waals surface area contributed by atoms with E-state index < -0.39 is 29.5 Å². The van der Waals surface area contributed by atoms with Crippen molar-refractivity contribution < 1.29 is 23.5 Å². The molecule has 1 fully saturated rings. The van der Waals surface area contributed by atoms with Crippen LogP contribution in [0.3, 0.4) is 0 Å². The minimum absolute atomic E-state index is 0.269. The van der Waals surface area contributed by atoms with Gasteiger partial charge in [-0.05, 0) is 25.0 Å². The number of hydrogen-bond donors (Lipinski definition) is 2. The Morgan fingerprint density at radius 1 is 1.24 bits per heavy atom. The zero-order chi connectivity index (χ0) is 15.4. The van der Waals surface area contributed by atoms with Crippen LogP contribution < -0.4 is 5.32 Å². The second-order valence-electron chi connectivity index (χ2n) is 4.85. The molecule has 2 atom stereocenters. The molecule has 0 heterocycles. The Bertz CT molecular complexity index is 539. The first-order chi connectivity index (χ1) is 9.99. The quantitative estimate of drug-likeness (QED) is 0.817. The van der Waals surface area contributed by atoms with E-state index in [0.29, 0.717) is 36.7 Å². The topological polar surface area (TPSA) is 66.4 Å². The fraction of sp³-hybridized carbons (Fsp3) is 0.429. The molecule has 0 saturated heterocycles. The van der Waals surface area contributed by atoms with Gasteiger partial charge in [0.2, 0.25) is 5.91 Å². The van der Waals surface area contributed by atoms with Crippen LogP contribution in [-0.4, -0.2) is 22.7 Å². The van der Waals surface area contributed by atoms with Crippen molar-refractivity contribution in [2.45, 2.75) is 29.9 Å². The molecule has 4 nitrogen and oxygen atoms in total.